The van der Waals surface area contributed by atoms with Gasteiger partial charge >= 0.3 is 0 Å². The molecule has 3 aromatic rings. The van der Waals surface area contributed by atoms with Gasteiger partial charge in [0.25, 0.3) is 15.9 Å². The van der Waals surface area contributed by atoms with Gasteiger partial charge in [0, 0.05) is 31.0 Å². The molecular formula is C26H35N7O4S. The third kappa shape index (κ3) is 4.24. The fourth-order valence-electron chi connectivity index (χ4n) is 5.50. The van der Waals surface area contributed by atoms with Crippen molar-refractivity contribution in [3.8, 4) is 11.7 Å². The molecule has 2 atom stereocenters. The standard InChI is InChI=1S/C26H35N7O4S/c1-16-13-26(6,7)32-22-18(9-10-20(27-22)31-12-11-21(29-31)37-15-25(3,4)5)24(34)33(23(16)32)38(35,36)19-14-30(8)28-17(19)2/h9-12,14,16,23H,13,15H2,1-8H3/t16-,23?/m0/s1. The summed E-state index contributed by atoms with van der Waals surface area (Å²) in [6.45, 7) is 14.5. The quantitative estimate of drug-likeness (QED) is 0.482. The summed E-state index contributed by atoms with van der Waals surface area (Å²) in [5.74, 6) is 0.723. The summed E-state index contributed by atoms with van der Waals surface area (Å²) in [5.41, 5.74) is 0.114. The van der Waals surface area contributed by atoms with Crippen molar-refractivity contribution < 1.29 is 17.9 Å². The molecule has 1 fully saturated rings. The van der Waals surface area contributed by atoms with E-state index in [0.29, 0.717) is 36.2 Å². The summed E-state index contributed by atoms with van der Waals surface area (Å²) in [6.07, 6.45) is 3.16. The van der Waals surface area contributed by atoms with Gasteiger partial charge in [-0.3, -0.25) is 9.48 Å². The second-order valence-corrected chi connectivity index (χ2v) is 13.9. The first-order valence-corrected chi connectivity index (χ1v) is 14.1. The van der Waals surface area contributed by atoms with Crippen LogP contribution in [0.3, 0.4) is 0 Å². The van der Waals surface area contributed by atoms with Crippen LogP contribution < -0.4 is 9.64 Å². The van der Waals surface area contributed by atoms with Crippen LogP contribution in [-0.4, -0.2) is 61.5 Å². The Labute approximate surface area is 223 Å². The Morgan fingerprint density at radius 1 is 1.16 bits per heavy atom. The first kappa shape index (κ1) is 26.2. The molecule has 5 rings (SSSR count). The third-order valence-electron chi connectivity index (χ3n) is 6.96. The molecule has 11 nitrogen and oxygen atoms in total. The van der Waals surface area contributed by atoms with Gasteiger partial charge in [0.1, 0.15) is 16.9 Å². The van der Waals surface area contributed by atoms with Gasteiger partial charge in [-0.05, 0) is 50.7 Å². The normalized spacial score (nSPS) is 21.0. The number of hydrogen-bond donors (Lipinski definition) is 0. The molecule has 1 amide bonds. The minimum absolute atomic E-state index is 0.0121. The highest BCUT2D eigenvalue weighted by Gasteiger charge is 2.56. The van der Waals surface area contributed by atoms with Crippen LogP contribution in [0.15, 0.2) is 35.5 Å². The molecule has 0 aliphatic carbocycles. The molecule has 2 aliphatic heterocycles. The minimum atomic E-state index is -4.18. The topological polar surface area (TPSA) is 115 Å². The third-order valence-corrected chi connectivity index (χ3v) is 8.82. The number of sulfonamides is 1. The highest BCUT2D eigenvalue weighted by atomic mass is 32.2. The van der Waals surface area contributed by atoms with E-state index in [0.717, 1.165) is 4.31 Å². The van der Waals surface area contributed by atoms with Crippen molar-refractivity contribution in [2.45, 2.75) is 71.5 Å². The van der Waals surface area contributed by atoms with Gasteiger partial charge in [-0.1, -0.05) is 27.7 Å². The van der Waals surface area contributed by atoms with Crippen LogP contribution in [0.4, 0.5) is 5.82 Å². The number of fused-ring (bicyclic) bond motifs is 3. The van der Waals surface area contributed by atoms with Gasteiger partial charge in [-0.25, -0.2) is 22.4 Å². The molecule has 2 aliphatic rings. The second-order valence-electron chi connectivity index (χ2n) is 12.1. The van der Waals surface area contributed by atoms with E-state index >= 15 is 0 Å². The summed E-state index contributed by atoms with van der Waals surface area (Å²) in [4.78, 5) is 20.7. The lowest BCUT2D eigenvalue weighted by Gasteiger charge is -2.45. The molecule has 0 spiro atoms. The van der Waals surface area contributed by atoms with Crippen LogP contribution >= 0.6 is 0 Å². The van der Waals surface area contributed by atoms with Crippen molar-refractivity contribution in [2.24, 2.45) is 18.4 Å². The molecule has 0 bridgehead atoms. The Bertz CT molecular complexity index is 1520. The second kappa shape index (κ2) is 8.55. The number of pyridine rings is 1. The smallest absolute Gasteiger partial charge is 0.273 e. The van der Waals surface area contributed by atoms with E-state index in [2.05, 4.69) is 31.0 Å². The Kier molecular flexibility index (Phi) is 5.90. The van der Waals surface area contributed by atoms with Crippen molar-refractivity contribution in [2.75, 3.05) is 11.5 Å². The number of aryl methyl sites for hydroxylation is 2. The first-order chi connectivity index (χ1) is 17.6. The maximum Gasteiger partial charge on any atom is 0.273 e. The molecule has 0 N–H and O–H groups in total. The number of anilines is 1. The largest absolute Gasteiger partial charge is 0.476 e. The lowest BCUT2D eigenvalue weighted by molar-refractivity contribution is 0.0784. The Morgan fingerprint density at radius 2 is 1.87 bits per heavy atom. The van der Waals surface area contributed by atoms with E-state index in [4.69, 9.17) is 9.72 Å². The van der Waals surface area contributed by atoms with Crippen molar-refractivity contribution in [3.05, 3.63) is 41.9 Å². The number of ether oxygens (including phenoxy) is 1. The summed E-state index contributed by atoms with van der Waals surface area (Å²) < 4.78 is 37.8. The van der Waals surface area contributed by atoms with Gasteiger partial charge < -0.3 is 9.64 Å². The number of carbonyl (C=O) groups excluding carboxylic acids is 1. The van der Waals surface area contributed by atoms with Crippen LogP contribution in [-0.2, 0) is 17.1 Å². The fraction of sp³-hybridized carbons (Fsp3) is 0.538. The molecule has 5 heterocycles. The fourth-order valence-corrected chi connectivity index (χ4v) is 7.31. The van der Waals surface area contributed by atoms with Crippen molar-refractivity contribution in [1.29, 1.82) is 0 Å². The van der Waals surface area contributed by atoms with Gasteiger partial charge in [0.05, 0.1) is 17.9 Å². The van der Waals surface area contributed by atoms with E-state index in [9.17, 15) is 13.2 Å². The van der Waals surface area contributed by atoms with Gasteiger partial charge in [-0.15, -0.1) is 5.10 Å². The number of hydrogen-bond acceptors (Lipinski definition) is 8. The van der Waals surface area contributed by atoms with Crippen LogP contribution in [0, 0.1) is 18.3 Å². The van der Waals surface area contributed by atoms with Crippen LogP contribution in [0.5, 0.6) is 5.88 Å². The van der Waals surface area contributed by atoms with E-state index in [-0.39, 0.29) is 21.8 Å². The maximum absolute atomic E-state index is 13.9. The Hall–Kier alpha value is -3.41. The minimum Gasteiger partial charge on any atom is -0.476 e. The van der Waals surface area contributed by atoms with E-state index in [1.807, 2.05) is 25.7 Å². The van der Waals surface area contributed by atoms with Crippen molar-refractivity contribution in [3.63, 3.8) is 0 Å². The predicted molar refractivity (Wildman–Crippen MR) is 142 cm³/mol. The highest BCUT2D eigenvalue weighted by molar-refractivity contribution is 7.89. The van der Waals surface area contributed by atoms with Gasteiger partial charge in [-0.2, -0.15) is 5.10 Å². The van der Waals surface area contributed by atoms with Crippen molar-refractivity contribution in [1.82, 2.24) is 28.9 Å². The predicted octanol–water partition coefficient (Wildman–Crippen LogP) is 3.53. The molecule has 1 saturated heterocycles. The molecule has 38 heavy (non-hydrogen) atoms. The molecule has 0 aromatic carbocycles. The molecular weight excluding hydrogens is 506 g/mol. The number of nitrogens with zero attached hydrogens (tertiary/aromatic N) is 7. The molecule has 204 valence electrons. The maximum atomic E-state index is 13.9. The monoisotopic (exact) mass is 541 g/mol. The lowest BCUT2D eigenvalue weighted by Crippen LogP contribution is -2.60. The molecule has 1 unspecified atom stereocenters. The zero-order chi connectivity index (χ0) is 27.8. The Morgan fingerprint density at radius 3 is 2.50 bits per heavy atom. The molecule has 0 saturated carbocycles. The van der Waals surface area contributed by atoms with Crippen LogP contribution in [0.1, 0.15) is 64.0 Å². The summed E-state index contributed by atoms with van der Waals surface area (Å²) in [7, 11) is -2.52. The number of amides is 1. The van der Waals surface area contributed by atoms with Crippen LogP contribution in [0.2, 0.25) is 0 Å². The zero-order valence-corrected chi connectivity index (χ0v) is 23.9. The molecule has 0 radical (unpaired) electrons. The lowest BCUT2D eigenvalue weighted by atomic mass is 9.97. The molecule has 3 aromatic heterocycles. The first-order valence-electron chi connectivity index (χ1n) is 12.7. The number of rotatable bonds is 5. The average molecular weight is 542 g/mol. The van der Waals surface area contributed by atoms with E-state index in [1.54, 1.807) is 43.0 Å². The van der Waals surface area contributed by atoms with E-state index < -0.39 is 27.6 Å². The van der Waals surface area contributed by atoms with Crippen LogP contribution in [0.25, 0.3) is 5.82 Å². The summed E-state index contributed by atoms with van der Waals surface area (Å²) in [6, 6.07) is 5.07. The zero-order valence-electron chi connectivity index (χ0n) is 23.1. The number of carbonyl (C=O) groups is 1. The van der Waals surface area contributed by atoms with Gasteiger partial charge in [0.15, 0.2) is 5.82 Å². The Balaban J connectivity index is 1.59. The SMILES string of the molecule is Cc1nn(C)cc1S(=O)(=O)N1C(=O)c2ccc(-n3ccc(OCC(C)(C)C)n3)nc2N2C1[C@@H](C)CC2(C)C. The highest BCUT2D eigenvalue weighted by Crippen LogP contribution is 2.48. The summed E-state index contributed by atoms with van der Waals surface area (Å²) in [5, 5.41) is 8.71. The van der Waals surface area contributed by atoms with Crippen molar-refractivity contribution >= 4 is 21.7 Å². The van der Waals surface area contributed by atoms with Gasteiger partial charge in [0.2, 0.25) is 5.88 Å². The average Bonchev–Trinajstić information content (AvgIpc) is 3.47. The number of aromatic nitrogens is 5. The van der Waals surface area contributed by atoms with E-state index in [1.165, 1.54) is 10.9 Å². The summed E-state index contributed by atoms with van der Waals surface area (Å²) >= 11 is 0. The molecule has 12 heteroatoms.